The quantitative estimate of drug-likeness (QED) is 0.248. The Labute approximate surface area is 132 Å². The zero-order chi connectivity index (χ0) is 15.2. The third-order valence-electron chi connectivity index (χ3n) is 3.54. The van der Waals surface area contributed by atoms with Gasteiger partial charge in [0.1, 0.15) is 6.10 Å². The Balaban J connectivity index is 1.94. The molecule has 0 bridgehead atoms. The monoisotopic (exact) mass is 318 g/mol. The van der Waals surface area contributed by atoms with E-state index in [-0.39, 0.29) is 0 Å². The molecular formula is C16H34O4Si. The van der Waals surface area contributed by atoms with Crippen LogP contribution in [-0.4, -0.2) is 48.4 Å². The fourth-order valence-corrected chi connectivity index (χ4v) is 3.91. The van der Waals surface area contributed by atoms with Gasteiger partial charge in [0.15, 0.2) is 0 Å². The van der Waals surface area contributed by atoms with E-state index in [1.54, 1.807) is 0 Å². The van der Waals surface area contributed by atoms with E-state index >= 15 is 0 Å². The lowest BCUT2D eigenvalue weighted by Gasteiger charge is -2.16. The van der Waals surface area contributed by atoms with Gasteiger partial charge in [0.2, 0.25) is 0 Å². The maximum absolute atomic E-state index is 5.97. The summed E-state index contributed by atoms with van der Waals surface area (Å²) in [6.45, 7) is 8.68. The van der Waals surface area contributed by atoms with E-state index in [1.807, 2.05) is 0 Å². The number of hydrogen-bond donors (Lipinski definition) is 0. The molecule has 0 radical (unpaired) electrons. The Hall–Kier alpha value is 0.0569. The predicted octanol–water partition coefficient (Wildman–Crippen LogP) is 3.43. The summed E-state index contributed by atoms with van der Waals surface area (Å²) < 4.78 is 22.6. The zero-order valence-electron chi connectivity index (χ0n) is 14.0. The van der Waals surface area contributed by atoms with Crippen LogP contribution in [0.2, 0.25) is 6.04 Å². The average Bonchev–Trinajstić information content (AvgIpc) is 3.30. The second-order valence-corrected chi connectivity index (χ2v) is 7.86. The standard InChI is InChI=1S/C16H34O4Si/c1-3-5-11-19-21(20-12-6-4-2)13-9-7-8-10-17-14-16-15-18-16/h16,21H,3-15H2,1-2H3. The van der Waals surface area contributed by atoms with Gasteiger partial charge in [0, 0.05) is 19.8 Å². The van der Waals surface area contributed by atoms with Gasteiger partial charge in [-0.3, -0.25) is 0 Å². The Morgan fingerprint density at radius 1 is 0.905 bits per heavy atom. The second-order valence-electron chi connectivity index (χ2n) is 5.76. The van der Waals surface area contributed by atoms with Gasteiger partial charge in [0.05, 0.1) is 13.2 Å². The molecule has 1 aliphatic heterocycles. The molecule has 0 spiro atoms. The molecule has 0 aromatic carbocycles. The van der Waals surface area contributed by atoms with Crippen molar-refractivity contribution in [1.29, 1.82) is 0 Å². The van der Waals surface area contributed by atoms with Gasteiger partial charge >= 0.3 is 9.28 Å². The van der Waals surface area contributed by atoms with Gasteiger partial charge in [-0.25, -0.2) is 0 Å². The van der Waals surface area contributed by atoms with Gasteiger partial charge in [-0.05, 0) is 25.3 Å². The SMILES string of the molecule is CCCCO[SiH](CCCCCOCC1CO1)OCCCC. The van der Waals surface area contributed by atoms with Gasteiger partial charge < -0.3 is 18.3 Å². The molecule has 21 heavy (non-hydrogen) atoms. The minimum Gasteiger partial charge on any atom is -0.397 e. The van der Waals surface area contributed by atoms with E-state index in [0.717, 1.165) is 58.3 Å². The highest BCUT2D eigenvalue weighted by Crippen LogP contribution is 2.11. The normalized spacial score (nSPS) is 17.6. The topological polar surface area (TPSA) is 40.2 Å². The molecule has 1 unspecified atom stereocenters. The maximum Gasteiger partial charge on any atom is 0.321 e. The number of ether oxygens (including phenoxy) is 2. The van der Waals surface area contributed by atoms with Crippen LogP contribution in [-0.2, 0) is 18.3 Å². The van der Waals surface area contributed by atoms with Crippen LogP contribution in [0.1, 0.15) is 58.8 Å². The van der Waals surface area contributed by atoms with Crippen molar-refractivity contribution in [2.75, 3.05) is 33.0 Å². The number of unbranched alkanes of at least 4 members (excludes halogenated alkanes) is 4. The van der Waals surface area contributed by atoms with E-state index < -0.39 is 9.28 Å². The summed E-state index contributed by atoms with van der Waals surface area (Å²) in [5.41, 5.74) is 0. The smallest absolute Gasteiger partial charge is 0.321 e. The van der Waals surface area contributed by atoms with Crippen LogP contribution >= 0.6 is 0 Å². The molecule has 126 valence electrons. The summed E-state index contributed by atoms with van der Waals surface area (Å²) in [6, 6.07) is 1.14. The van der Waals surface area contributed by atoms with Crippen LogP contribution in [0.5, 0.6) is 0 Å². The van der Waals surface area contributed by atoms with Gasteiger partial charge in [-0.1, -0.05) is 39.5 Å². The molecule has 0 aromatic heterocycles. The van der Waals surface area contributed by atoms with Crippen LogP contribution in [0.3, 0.4) is 0 Å². The lowest BCUT2D eigenvalue weighted by Crippen LogP contribution is -2.24. The minimum atomic E-state index is -1.42. The summed E-state index contributed by atoms with van der Waals surface area (Å²) in [7, 11) is -1.42. The lowest BCUT2D eigenvalue weighted by molar-refractivity contribution is 0.113. The summed E-state index contributed by atoms with van der Waals surface area (Å²) >= 11 is 0. The third kappa shape index (κ3) is 12.3. The molecule has 4 nitrogen and oxygen atoms in total. The predicted molar refractivity (Wildman–Crippen MR) is 88.1 cm³/mol. The highest BCUT2D eigenvalue weighted by Gasteiger charge is 2.21. The zero-order valence-corrected chi connectivity index (χ0v) is 15.1. The summed E-state index contributed by atoms with van der Waals surface area (Å²) in [4.78, 5) is 0. The number of epoxide rings is 1. The minimum absolute atomic E-state index is 0.390. The molecule has 1 heterocycles. The molecule has 1 atom stereocenters. The largest absolute Gasteiger partial charge is 0.397 e. The lowest BCUT2D eigenvalue weighted by atomic mass is 10.3. The number of hydrogen-bond acceptors (Lipinski definition) is 4. The van der Waals surface area contributed by atoms with E-state index in [1.165, 1.54) is 25.7 Å². The van der Waals surface area contributed by atoms with Crippen molar-refractivity contribution in [3.05, 3.63) is 0 Å². The van der Waals surface area contributed by atoms with E-state index in [4.69, 9.17) is 18.3 Å². The molecule has 1 aliphatic rings. The molecular weight excluding hydrogens is 284 g/mol. The fraction of sp³-hybridized carbons (Fsp3) is 1.00. The van der Waals surface area contributed by atoms with Crippen LogP contribution in [0.4, 0.5) is 0 Å². The molecule has 1 rings (SSSR count). The van der Waals surface area contributed by atoms with Crippen molar-refractivity contribution in [3.8, 4) is 0 Å². The van der Waals surface area contributed by atoms with Crippen LogP contribution in [0.25, 0.3) is 0 Å². The Morgan fingerprint density at radius 3 is 2.14 bits per heavy atom. The van der Waals surface area contributed by atoms with Gasteiger partial charge in [-0.15, -0.1) is 0 Å². The maximum atomic E-state index is 5.97. The second kappa shape index (κ2) is 13.7. The van der Waals surface area contributed by atoms with Crippen molar-refractivity contribution < 1.29 is 18.3 Å². The average molecular weight is 319 g/mol. The molecule has 1 fully saturated rings. The molecule has 0 aliphatic carbocycles. The Morgan fingerprint density at radius 2 is 1.57 bits per heavy atom. The Bertz CT molecular complexity index is 214. The molecule has 0 saturated carbocycles. The number of rotatable bonds is 16. The van der Waals surface area contributed by atoms with E-state index in [2.05, 4.69) is 13.8 Å². The fourth-order valence-electron chi connectivity index (χ4n) is 2.00. The molecule has 1 saturated heterocycles. The van der Waals surface area contributed by atoms with Crippen molar-refractivity contribution in [2.24, 2.45) is 0 Å². The highest BCUT2D eigenvalue weighted by molar-refractivity contribution is 6.44. The first-order valence-electron chi connectivity index (χ1n) is 8.79. The van der Waals surface area contributed by atoms with Crippen LogP contribution < -0.4 is 0 Å². The molecule has 5 heteroatoms. The van der Waals surface area contributed by atoms with Crippen molar-refractivity contribution in [1.82, 2.24) is 0 Å². The van der Waals surface area contributed by atoms with Gasteiger partial charge in [0.25, 0.3) is 0 Å². The van der Waals surface area contributed by atoms with Crippen LogP contribution in [0, 0.1) is 0 Å². The third-order valence-corrected chi connectivity index (χ3v) is 5.63. The molecule has 0 N–H and O–H groups in total. The van der Waals surface area contributed by atoms with E-state index in [9.17, 15) is 0 Å². The molecule has 0 aromatic rings. The first kappa shape index (κ1) is 19.1. The Kier molecular flexibility index (Phi) is 12.5. The van der Waals surface area contributed by atoms with Crippen molar-refractivity contribution in [3.63, 3.8) is 0 Å². The van der Waals surface area contributed by atoms with Crippen molar-refractivity contribution in [2.45, 2.75) is 70.9 Å². The first-order chi connectivity index (χ1) is 10.4. The first-order valence-corrected chi connectivity index (χ1v) is 10.5. The highest BCUT2D eigenvalue weighted by atomic mass is 28.3. The van der Waals surface area contributed by atoms with Crippen molar-refractivity contribution >= 4 is 9.28 Å². The summed E-state index contributed by atoms with van der Waals surface area (Å²) in [5, 5.41) is 0. The molecule has 0 amide bonds. The summed E-state index contributed by atoms with van der Waals surface area (Å²) in [6.07, 6.45) is 8.63. The van der Waals surface area contributed by atoms with Gasteiger partial charge in [-0.2, -0.15) is 0 Å². The summed E-state index contributed by atoms with van der Waals surface area (Å²) in [5.74, 6) is 0. The van der Waals surface area contributed by atoms with Crippen LogP contribution in [0.15, 0.2) is 0 Å². The van der Waals surface area contributed by atoms with E-state index in [0.29, 0.717) is 6.10 Å².